The number of aryl methyl sites for hydroxylation is 1. The molecule has 1 N–H and O–H groups in total. The highest BCUT2D eigenvalue weighted by molar-refractivity contribution is 7.87. The van der Waals surface area contributed by atoms with Crippen LogP contribution in [0.4, 0.5) is 61.5 Å². The molecule has 0 saturated heterocycles. The fraction of sp³-hybridized carbons (Fsp3) is 0.487. The largest absolute Gasteiger partial charge is 0.743 e. The van der Waals surface area contributed by atoms with E-state index in [-0.39, 0.29) is 5.56 Å². The van der Waals surface area contributed by atoms with E-state index >= 15 is 0 Å². The Morgan fingerprint density at radius 3 is 1.31 bits per heavy atom. The van der Waals surface area contributed by atoms with Gasteiger partial charge in [-0.3, -0.25) is 9.59 Å². The average Bonchev–Trinajstić information content (AvgIpc) is 3.21. The van der Waals surface area contributed by atoms with Gasteiger partial charge in [0, 0.05) is 37.0 Å². The molecular weight excluding hydrogens is 1040 g/mol. The summed E-state index contributed by atoms with van der Waals surface area (Å²) in [6.45, 7) is 6.07. The summed E-state index contributed by atoms with van der Waals surface area (Å²) in [5.41, 5.74) is -0.145. The van der Waals surface area contributed by atoms with E-state index in [1.807, 2.05) is 5.32 Å². The third kappa shape index (κ3) is 15.6. The normalized spacial score (nSPS) is 14.7. The van der Waals surface area contributed by atoms with Crippen molar-refractivity contribution >= 4 is 43.9 Å². The maximum Gasteiger partial charge on any atom is 0.466 e. The van der Waals surface area contributed by atoms with Gasteiger partial charge in [0.2, 0.25) is 5.78 Å². The van der Waals surface area contributed by atoms with Gasteiger partial charge < -0.3 is 33.4 Å². The van der Waals surface area contributed by atoms with E-state index in [1.54, 1.807) is 13.0 Å². The van der Waals surface area contributed by atoms with Gasteiger partial charge in [0.1, 0.15) is 0 Å². The Bertz CT molecular complexity index is 2420. The molecule has 2 unspecified atom stereocenters. The molecular formula is C39H39F14NO14S2-2. The van der Waals surface area contributed by atoms with Crippen LogP contribution in [0.25, 0.3) is 0 Å². The second kappa shape index (κ2) is 23.3. The molecule has 70 heavy (non-hydrogen) atoms. The topological polar surface area (TPSA) is 232 Å². The number of hydrogen-bond donors (Lipinski definition) is 1. The van der Waals surface area contributed by atoms with Crippen LogP contribution in [0.2, 0.25) is 0 Å². The van der Waals surface area contributed by atoms with Gasteiger partial charge in [-0.25, -0.2) is 26.4 Å². The lowest BCUT2D eigenvalue weighted by molar-refractivity contribution is -0.347. The fourth-order valence-corrected chi connectivity index (χ4v) is 5.82. The predicted octanol–water partition coefficient (Wildman–Crippen LogP) is 7.31. The van der Waals surface area contributed by atoms with Gasteiger partial charge in [-0.05, 0) is 44.7 Å². The second-order valence-corrected chi connectivity index (χ2v) is 17.4. The van der Waals surface area contributed by atoms with Crippen molar-refractivity contribution in [1.82, 2.24) is 5.32 Å². The van der Waals surface area contributed by atoms with E-state index in [9.17, 15) is 107 Å². The van der Waals surface area contributed by atoms with E-state index in [1.165, 1.54) is 48.5 Å². The van der Waals surface area contributed by atoms with Crippen LogP contribution in [0.3, 0.4) is 0 Å². The molecule has 0 heterocycles. The number of rotatable bonds is 24. The molecule has 0 fully saturated rings. The van der Waals surface area contributed by atoms with Gasteiger partial charge >= 0.3 is 64.1 Å². The molecule has 0 bridgehead atoms. The lowest BCUT2D eigenvalue weighted by Crippen LogP contribution is -2.61. The highest BCUT2D eigenvalue weighted by atomic mass is 32.2. The zero-order chi connectivity index (χ0) is 54.8. The minimum absolute atomic E-state index is 0.0380. The Labute approximate surface area is 388 Å². The monoisotopic (exact) mass is 1080 g/mol. The Morgan fingerprint density at radius 2 is 0.957 bits per heavy atom. The average molecular weight is 1080 g/mol. The number of esters is 2. The highest BCUT2D eigenvalue weighted by Crippen LogP contribution is 2.44. The first-order valence-corrected chi connectivity index (χ1v) is 21.8. The predicted molar refractivity (Wildman–Crippen MR) is 207 cm³/mol. The van der Waals surface area contributed by atoms with Crippen LogP contribution >= 0.6 is 0 Å². The summed E-state index contributed by atoms with van der Waals surface area (Å²) in [5, 5.41) is -10.3. The summed E-state index contributed by atoms with van der Waals surface area (Å²) in [6, 6.07) is 12.9. The maximum absolute atomic E-state index is 14.0. The number of Topliss-reactive ketones (excluding diaryl/α,β-unsaturated/α-hetero) is 1. The number of nitrogens with one attached hydrogen (secondary N) is 1. The lowest BCUT2D eigenvalue weighted by Gasteiger charge is -2.34. The van der Waals surface area contributed by atoms with Gasteiger partial charge in [-0.1, -0.05) is 73.3 Å². The number of halogens is 14. The van der Waals surface area contributed by atoms with Crippen LogP contribution < -0.4 is 5.32 Å². The Kier molecular flexibility index (Phi) is 20.9. The number of carbonyl (C=O) groups excluding carboxylic acids is 4. The quantitative estimate of drug-likeness (QED) is 0.0271. The zero-order valence-corrected chi connectivity index (χ0v) is 37.7. The lowest BCUT2D eigenvalue weighted by atomic mass is 10.0. The number of ketones is 1. The molecule has 0 saturated carbocycles. The Morgan fingerprint density at radius 1 is 0.586 bits per heavy atom. The van der Waals surface area contributed by atoms with Crippen molar-refractivity contribution in [2.75, 3.05) is 13.2 Å². The fourth-order valence-electron chi connectivity index (χ4n) is 4.89. The number of benzene rings is 2. The number of alkyl halides is 14. The molecule has 31 heteroatoms. The minimum Gasteiger partial charge on any atom is -0.743 e. The van der Waals surface area contributed by atoms with Crippen molar-refractivity contribution in [2.45, 2.75) is 106 Å². The maximum atomic E-state index is 14.0. The Balaban J connectivity index is 0.000000700. The summed E-state index contributed by atoms with van der Waals surface area (Å²) in [7, 11) is -13.6. The van der Waals surface area contributed by atoms with E-state index < -0.39 is 153 Å². The zero-order valence-electron chi connectivity index (χ0n) is 36.1. The van der Waals surface area contributed by atoms with Gasteiger partial charge in [0.25, 0.3) is 0 Å². The van der Waals surface area contributed by atoms with Gasteiger partial charge in [-0.15, -0.1) is 0 Å². The van der Waals surface area contributed by atoms with Crippen molar-refractivity contribution in [1.29, 1.82) is 0 Å². The van der Waals surface area contributed by atoms with Crippen molar-refractivity contribution < 1.29 is 126 Å². The number of ether oxygens (including phenoxy) is 4. The smallest absolute Gasteiger partial charge is 0.466 e. The standard InChI is InChI=1S/C20H21F7O7S.C19H20F7NO7S/c1-12(2)16(29)34-18(19(23,24)25,15(28)11-14-7-5-13(3)6-8-14)33-10-4-9-17(21,22)20(26,27)35(30,31)32;1-12(2)14(28)34-17(18(22,23)24,15(29)27-11-13-7-4-3-5-8-13)33-10-6-9-16(20,21)19(25,26)35(30,31)32/h5-8H,1,4,9-11H2,2-3H3,(H,30,31,32);3-5,7-8H,1,6,9-11H2,2H3,(H,27,29)(H,30,31,32)/p-2. The highest BCUT2D eigenvalue weighted by Gasteiger charge is 2.68. The van der Waals surface area contributed by atoms with E-state index in [0.29, 0.717) is 11.1 Å². The Hall–Kier alpha value is -5.24. The summed E-state index contributed by atoms with van der Waals surface area (Å²) < 4.78 is 270. The molecule has 2 atom stereocenters. The van der Waals surface area contributed by atoms with Crippen molar-refractivity contribution in [2.24, 2.45) is 0 Å². The summed E-state index contributed by atoms with van der Waals surface area (Å²) >= 11 is 0. The molecule has 2 rings (SSSR count). The molecule has 0 aliphatic heterocycles. The first kappa shape index (κ1) is 62.8. The minimum atomic E-state index is -6.82. The number of amides is 1. The SMILES string of the molecule is C=C(C)C(=O)OC(OCCCC(F)(F)C(F)(F)S(=O)(=O)[O-])(C(=O)Cc1ccc(C)cc1)C(F)(F)F.C=C(C)C(=O)OC(OCCCC(F)(F)C(F)(F)S(=O)(=O)[O-])(C(=O)NCc1ccccc1)C(F)(F)F. The first-order chi connectivity index (χ1) is 31.5. The molecule has 2 aromatic rings. The molecule has 0 spiro atoms. The first-order valence-electron chi connectivity index (χ1n) is 19.0. The molecule has 1 amide bonds. The van der Waals surface area contributed by atoms with Gasteiger partial charge in [-0.2, -0.15) is 61.5 Å². The summed E-state index contributed by atoms with van der Waals surface area (Å²) in [4.78, 5) is 48.8. The van der Waals surface area contributed by atoms with E-state index in [0.717, 1.165) is 13.8 Å². The van der Waals surface area contributed by atoms with Crippen molar-refractivity contribution in [3.05, 3.63) is 95.6 Å². The molecule has 396 valence electrons. The van der Waals surface area contributed by atoms with E-state index in [4.69, 9.17) is 0 Å². The van der Waals surface area contributed by atoms with Crippen LogP contribution in [0.15, 0.2) is 78.9 Å². The van der Waals surface area contributed by atoms with Crippen molar-refractivity contribution in [3.63, 3.8) is 0 Å². The molecule has 15 nitrogen and oxygen atoms in total. The van der Waals surface area contributed by atoms with Crippen LogP contribution in [0.5, 0.6) is 0 Å². The molecule has 0 aromatic heterocycles. The summed E-state index contributed by atoms with van der Waals surface area (Å²) in [6.07, 6.45) is -19.6. The van der Waals surface area contributed by atoms with Crippen LogP contribution in [0, 0.1) is 6.92 Å². The third-order valence-electron chi connectivity index (χ3n) is 8.72. The van der Waals surface area contributed by atoms with Gasteiger partial charge in [0.15, 0.2) is 20.2 Å². The molecule has 0 radical (unpaired) electrons. The van der Waals surface area contributed by atoms with Crippen LogP contribution in [-0.2, 0) is 71.3 Å². The van der Waals surface area contributed by atoms with Crippen molar-refractivity contribution in [3.8, 4) is 0 Å². The third-order valence-corrected chi connectivity index (χ3v) is 10.6. The second-order valence-electron chi connectivity index (χ2n) is 14.6. The number of hydrogen-bond acceptors (Lipinski definition) is 14. The van der Waals surface area contributed by atoms with E-state index in [2.05, 4.69) is 32.1 Å². The number of carbonyl (C=O) groups is 4. The van der Waals surface area contributed by atoms with Crippen LogP contribution in [-0.4, -0.2) is 109 Å². The molecule has 0 aliphatic carbocycles. The summed E-state index contributed by atoms with van der Waals surface area (Å²) in [5.74, 6) is -27.1. The van der Waals surface area contributed by atoms with Gasteiger partial charge in [0.05, 0.1) is 13.2 Å². The molecule has 0 aliphatic rings. The molecule has 2 aromatic carbocycles. The van der Waals surface area contributed by atoms with Crippen LogP contribution in [0.1, 0.15) is 56.2 Å².